The zero-order valence-corrected chi connectivity index (χ0v) is 19.1. The second-order valence-corrected chi connectivity index (χ2v) is 7.44. The number of benzene rings is 3. The largest absolute Gasteiger partial charge is 0.491 e. The molecule has 0 saturated carbocycles. The van der Waals surface area contributed by atoms with E-state index in [4.69, 9.17) is 26.4 Å². The van der Waals surface area contributed by atoms with Gasteiger partial charge in [-0.15, -0.1) is 0 Å². The van der Waals surface area contributed by atoms with Gasteiger partial charge in [0.2, 0.25) is 0 Å². The number of hydrogen-bond acceptors (Lipinski definition) is 6. The van der Waals surface area contributed by atoms with Gasteiger partial charge in [0.15, 0.2) is 11.2 Å². The predicted octanol–water partition coefficient (Wildman–Crippen LogP) is 2.97. The molecule has 2 amide bonds. The van der Waals surface area contributed by atoms with Gasteiger partial charge >= 0.3 is 0 Å². The average Bonchev–Trinajstić information content (AvgIpc) is 2.83. The number of hydrogen-bond donors (Lipinski definition) is 3. The number of methoxy groups -OCH3 is 1. The zero-order chi connectivity index (χ0) is 23.6. The lowest BCUT2D eigenvalue weighted by Crippen LogP contribution is -2.51. The molecule has 0 aromatic heterocycles. The molecule has 0 heterocycles. The van der Waals surface area contributed by atoms with E-state index in [2.05, 4.69) is 16.2 Å². The standard InChI is InChI=1S/C24H25N3O5S/c1-16(32-21-12-7-17-5-3-4-6-19(17)15-21)22(28)26-27-24(33)25-23(29)18-8-10-20(11-9-18)31-14-13-30-2/h3-12,15-16H,13-14H2,1-2H3,(H,26,28)(H2,25,27,29,33). The van der Waals surface area contributed by atoms with Gasteiger partial charge in [0.05, 0.1) is 6.61 Å². The van der Waals surface area contributed by atoms with E-state index < -0.39 is 17.9 Å². The van der Waals surface area contributed by atoms with E-state index >= 15 is 0 Å². The van der Waals surface area contributed by atoms with E-state index in [1.807, 2.05) is 36.4 Å². The van der Waals surface area contributed by atoms with Gasteiger partial charge in [-0.05, 0) is 66.3 Å². The van der Waals surface area contributed by atoms with Crippen LogP contribution in [0.25, 0.3) is 10.8 Å². The topological polar surface area (TPSA) is 97.9 Å². The molecule has 8 nitrogen and oxygen atoms in total. The molecule has 0 radical (unpaired) electrons. The highest BCUT2D eigenvalue weighted by atomic mass is 32.1. The normalized spacial score (nSPS) is 11.3. The fourth-order valence-corrected chi connectivity index (χ4v) is 3.01. The second-order valence-electron chi connectivity index (χ2n) is 7.03. The first-order valence-corrected chi connectivity index (χ1v) is 10.7. The molecule has 172 valence electrons. The molecule has 3 aromatic rings. The van der Waals surface area contributed by atoms with E-state index in [1.54, 1.807) is 44.4 Å². The van der Waals surface area contributed by atoms with Gasteiger partial charge in [-0.2, -0.15) is 0 Å². The lowest BCUT2D eigenvalue weighted by atomic mass is 10.1. The number of amides is 2. The minimum atomic E-state index is -0.789. The molecule has 1 atom stereocenters. The molecular formula is C24H25N3O5S. The summed E-state index contributed by atoms with van der Waals surface area (Å²) in [6, 6.07) is 20.0. The number of hydrazine groups is 1. The van der Waals surface area contributed by atoms with E-state index in [1.165, 1.54) is 0 Å². The van der Waals surface area contributed by atoms with Crippen molar-refractivity contribution in [2.75, 3.05) is 20.3 Å². The molecule has 0 spiro atoms. The lowest BCUT2D eigenvalue weighted by Gasteiger charge is -2.16. The Morgan fingerprint density at radius 2 is 1.61 bits per heavy atom. The molecule has 0 aliphatic rings. The van der Waals surface area contributed by atoms with Crippen molar-refractivity contribution in [2.45, 2.75) is 13.0 Å². The van der Waals surface area contributed by atoms with Crippen molar-refractivity contribution in [3.63, 3.8) is 0 Å². The van der Waals surface area contributed by atoms with Crippen molar-refractivity contribution in [1.82, 2.24) is 16.2 Å². The molecule has 9 heteroatoms. The highest BCUT2D eigenvalue weighted by Crippen LogP contribution is 2.21. The molecule has 1 unspecified atom stereocenters. The van der Waals surface area contributed by atoms with E-state index in [0.29, 0.717) is 30.3 Å². The van der Waals surface area contributed by atoms with Crippen LogP contribution < -0.4 is 25.6 Å². The SMILES string of the molecule is COCCOc1ccc(C(=O)NC(=S)NNC(=O)C(C)Oc2ccc3ccccc3c2)cc1. The Kier molecular flexibility index (Phi) is 8.56. The fourth-order valence-electron chi connectivity index (χ4n) is 2.87. The smallest absolute Gasteiger partial charge is 0.279 e. The van der Waals surface area contributed by atoms with Gasteiger partial charge in [0.25, 0.3) is 11.8 Å². The van der Waals surface area contributed by atoms with Crippen LogP contribution in [0.2, 0.25) is 0 Å². The Bertz CT molecular complexity index is 1120. The minimum Gasteiger partial charge on any atom is -0.491 e. The molecule has 33 heavy (non-hydrogen) atoms. The highest BCUT2D eigenvalue weighted by molar-refractivity contribution is 7.80. The van der Waals surface area contributed by atoms with Crippen molar-refractivity contribution < 1.29 is 23.8 Å². The van der Waals surface area contributed by atoms with Crippen LogP contribution in [0.3, 0.4) is 0 Å². The highest BCUT2D eigenvalue weighted by Gasteiger charge is 2.16. The van der Waals surface area contributed by atoms with Crippen LogP contribution in [-0.4, -0.2) is 43.4 Å². The van der Waals surface area contributed by atoms with Crippen LogP contribution in [0, 0.1) is 0 Å². The molecular weight excluding hydrogens is 442 g/mol. The van der Waals surface area contributed by atoms with E-state index in [-0.39, 0.29) is 5.11 Å². The second kappa shape index (κ2) is 11.8. The molecule has 0 saturated heterocycles. The Labute approximate surface area is 197 Å². The number of ether oxygens (including phenoxy) is 3. The summed E-state index contributed by atoms with van der Waals surface area (Å²) in [7, 11) is 1.59. The van der Waals surface area contributed by atoms with Crippen molar-refractivity contribution in [2.24, 2.45) is 0 Å². The van der Waals surface area contributed by atoms with Crippen LogP contribution in [0.1, 0.15) is 17.3 Å². The van der Waals surface area contributed by atoms with Crippen LogP contribution in [0.4, 0.5) is 0 Å². The minimum absolute atomic E-state index is 0.0494. The third-order valence-electron chi connectivity index (χ3n) is 4.60. The number of thiocarbonyl (C=S) groups is 1. The quantitative estimate of drug-likeness (QED) is 0.266. The van der Waals surface area contributed by atoms with Gasteiger partial charge in [0, 0.05) is 12.7 Å². The maximum absolute atomic E-state index is 12.3. The Morgan fingerprint density at radius 1 is 0.909 bits per heavy atom. The average molecular weight is 468 g/mol. The Balaban J connectivity index is 1.44. The summed E-state index contributed by atoms with van der Waals surface area (Å²) in [4.78, 5) is 24.6. The van der Waals surface area contributed by atoms with Crippen LogP contribution in [0.5, 0.6) is 11.5 Å². The number of nitrogens with one attached hydrogen (secondary N) is 3. The third-order valence-corrected chi connectivity index (χ3v) is 4.81. The zero-order valence-electron chi connectivity index (χ0n) is 18.3. The van der Waals surface area contributed by atoms with E-state index in [9.17, 15) is 9.59 Å². The monoisotopic (exact) mass is 467 g/mol. The van der Waals surface area contributed by atoms with Gasteiger partial charge in [-0.25, -0.2) is 0 Å². The Hall–Kier alpha value is -3.69. The number of carbonyl (C=O) groups is 2. The summed E-state index contributed by atoms with van der Waals surface area (Å²) in [6.45, 7) is 2.50. The molecule has 0 aliphatic carbocycles. The fraction of sp³-hybridized carbons (Fsp3) is 0.208. The third kappa shape index (κ3) is 7.16. The predicted molar refractivity (Wildman–Crippen MR) is 129 cm³/mol. The molecule has 0 aliphatic heterocycles. The maximum Gasteiger partial charge on any atom is 0.279 e. The summed E-state index contributed by atoms with van der Waals surface area (Å²) >= 11 is 5.08. The first-order valence-electron chi connectivity index (χ1n) is 10.2. The molecule has 0 fully saturated rings. The van der Waals surface area contributed by atoms with Gasteiger partial charge in [-0.1, -0.05) is 30.3 Å². The van der Waals surface area contributed by atoms with Crippen LogP contribution in [-0.2, 0) is 9.53 Å². The molecule has 3 N–H and O–H groups in total. The summed E-state index contributed by atoms with van der Waals surface area (Å²) < 4.78 is 16.1. The van der Waals surface area contributed by atoms with Crippen molar-refractivity contribution in [1.29, 1.82) is 0 Å². The van der Waals surface area contributed by atoms with Crippen LogP contribution >= 0.6 is 12.2 Å². The number of carbonyl (C=O) groups excluding carboxylic acids is 2. The van der Waals surface area contributed by atoms with Gasteiger partial charge in [0.1, 0.15) is 18.1 Å². The summed E-state index contributed by atoms with van der Waals surface area (Å²) in [5.74, 6) is 0.321. The van der Waals surface area contributed by atoms with Crippen molar-refractivity contribution in [3.8, 4) is 11.5 Å². The first kappa shape index (κ1) is 24.0. The van der Waals surface area contributed by atoms with Crippen LogP contribution in [0.15, 0.2) is 66.7 Å². The van der Waals surface area contributed by atoms with E-state index in [0.717, 1.165) is 10.8 Å². The van der Waals surface area contributed by atoms with Crippen molar-refractivity contribution in [3.05, 3.63) is 72.3 Å². The van der Waals surface area contributed by atoms with Crippen molar-refractivity contribution >= 4 is 39.9 Å². The van der Waals surface area contributed by atoms with Gasteiger partial charge < -0.3 is 14.2 Å². The number of fused-ring (bicyclic) bond motifs is 1. The summed E-state index contributed by atoms with van der Waals surface area (Å²) in [6.07, 6.45) is -0.789. The Morgan fingerprint density at radius 3 is 2.33 bits per heavy atom. The molecule has 0 bridgehead atoms. The summed E-state index contributed by atoms with van der Waals surface area (Å²) in [5, 5.41) is 4.54. The molecule has 3 aromatic carbocycles. The van der Waals surface area contributed by atoms with Gasteiger partial charge in [-0.3, -0.25) is 25.8 Å². The first-order chi connectivity index (χ1) is 16.0. The summed E-state index contributed by atoms with van der Waals surface area (Å²) in [5.41, 5.74) is 5.33. The molecule has 3 rings (SSSR count). The number of rotatable bonds is 8. The maximum atomic E-state index is 12.3. The lowest BCUT2D eigenvalue weighted by molar-refractivity contribution is -0.127.